The third kappa shape index (κ3) is 3.91. The molecule has 1 unspecified atom stereocenters. The summed E-state index contributed by atoms with van der Waals surface area (Å²) in [4.78, 5) is 4.18. The normalized spacial score (nSPS) is 12.9. The predicted octanol–water partition coefficient (Wildman–Crippen LogP) is 2.83. The lowest BCUT2D eigenvalue weighted by atomic mass is 10.2. The molecule has 2 N–H and O–H groups in total. The highest BCUT2D eigenvalue weighted by Crippen LogP contribution is 2.25. The minimum absolute atomic E-state index is 0.0495. The number of rotatable bonds is 5. The van der Waals surface area contributed by atoms with E-state index in [-0.39, 0.29) is 11.7 Å². The number of hydrogen-bond acceptors (Lipinski definition) is 5. The Morgan fingerprint density at radius 3 is 2.75 bits per heavy atom. The van der Waals surface area contributed by atoms with E-state index >= 15 is 0 Å². The molecule has 2 rings (SSSR count). The zero-order chi connectivity index (χ0) is 14.8. The minimum Gasteiger partial charge on any atom is -0.376 e. The summed E-state index contributed by atoms with van der Waals surface area (Å²) < 4.78 is 38.0. The Morgan fingerprint density at radius 1 is 1.40 bits per heavy atom. The fraction of sp³-hybridized carbons (Fsp3) is 0.250. The molecule has 0 radical (unpaired) electrons. The second-order valence-electron chi connectivity index (χ2n) is 4.31. The summed E-state index contributed by atoms with van der Waals surface area (Å²) in [5.74, 6) is -0.622. The number of nitrogens with zero attached hydrogens (tertiary/aromatic N) is 1. The van der Waals surface area contributed by atoms with E-state index in [9.17, 15) is 12.8 Å². The van der Waals surface area contributed by atoms with E-state index in [1.165, 1.54) is 23.5 Å². The van der Waals surface area contributed by atoms with Gasteiger partial charge in [0.1, 0.15) is 10.8 Å². The molecular weight excluding hydrogens is 301 g/mol. The van der Waals surface area contributed by atoms with E-state index < -0.39 is 15.8 Å². The second-order valence-corrected chi connectivity index (χ2v) is 6.98. The third-order valence-corrected chi connectivity index (χ3v) is 4.02. The van der Waals surface area contributed by atoms with Crippen LogP contribution in [0.15, 0.2) is 29.8 Å². The molecule has 108 valence electrons. The molecular formula is C12H14FN3O2S2. The molecule has 0 aliphatic rings. The molecule has 0 spiro atoms. The van der Waals surface area contributed by atoms with Crippen LogP contribution in [0.1, 0.15) is 18.0 Å². The van der Waals surface area contributed by atoms with Crippen molar-refractivity contribution >= 4 is 32.7 Å². The summed E-state index contributed by atoms with van der Waals surface area (Å²) in [6.07, 6.45) is 2.68. The maximum atomic E-state index is 13.5. The van der Waals surface area contributed by atoms with Gasteiger partial charge >= 0.3 is 0 Å². The Kier molecular flexibility index (Phi) is 4.24. The summed E-state index contributed by atoms with van der Waals surface area (Å²) in [7, 11) is -3.52. The van der Waals surface area contributed by atoms with Crippen LogP contribution in [0.25, 0.3) is 0 Å². The molecule has 0 aliphatic carbocycles. The molecule has 1 heterocycles. The van der Waals surface area contributed by atoms with Gasteiger partial charge in [-0.05, 0) is 25.1 Å². The van der Waals surface area contributed by atoms with Gasteiger partial charge in [0.2, 0.25) is 10.0 Å². The fourth-order valence-electron chi connectivity index (χ4n) is 1.65. The Bertz CT molecular complexity index is 687. The first-order valence-electron chi connectivity index (χ1n) is 5.78. The number of aromatic nitrogens is 1. The standard InChI is InChI=1S/C12H14FN3O2S2/c1-8(12-14-5-6-19-12)15-9-3-4-10(13)11(7-9)16-20(2,17)18/h3-8,15-16H,1-2H3. The molecule has 0 saturated carbocycles. The molecule has 1 aromatic carbocycles. The number of anilines is 2. The highest BCUT2D eigenvalue weighted by Gasteiger charge is 2.11. The van der Waals surface area contributed by atoms with Crippen LogP contribution in [0.2, 0.25) is 0 Å². The number of nitrogens with one attached hydrogen (secondary N) is 2. The Balaban J connectivity index is 2.19. The van der Waals surface area contributed by atoms with Gasteiger partial charge < -0.3 is 5.32 Å². The second kappa shape index (κ2) is 5.76. The van der Waals surface area contributed by atoms with Crippen molar-refractivity contribution in [2.75, 3.05) is 16.3 Å². The quantitative estimate of drug-likeness (QED) is 0.890. The van der Waals surface area contributed by atoms with Gasteiger partial charge in [0.25, 0.3) is 0 Å². The monoisotopic (exact) mass is 315 g/mol. The molecule has 8 heteroatoms. The zero-order valence-corrected chi connectivity index (χ0v) is 12.6. The summed E-state index contributed by atoms with van der Waals surface area (Å²) in [5.41, 5.74) is 0.532. The van der Waals surface area contributed by atoms with E-state index in [0.29, 0.717) is 5.69 Å². The number of benzene rings is 1. The first-order chi connectivity index (χ1) is 9.35. The highest BCUT2D eigenvalue weighted by atomic mass is 32.2. The summed E-state index contributed by atoms with van der Waals surface area (Å²) in [6.45, 7) is 1.92. The lowest BCUT2D eigenvalue weighted by Gasteiger charge is -2.14. The molecule has 20 heavy (non-hydrogen) atoms. The Hall–Kier alpha value is -1.67. The first kappa shape index (κ1) is 14.7. The van der Waals surface area contributed by atoms with Crippen LogP contribution in [-0.2, 0) is 10.0 Å². The molecule has 1 atom stereocenters. The van der Waals surface area contributed by atoms with Gasteiger partial charge in [0, 0.05) is 17.3 Å². The van der Waals surface area contributed by atoms with E-state index in [0.717, 1.165) is 11.3 Å². The Labute approximate surface area is 120 Å². The molecule has 0 amide bonds. The lowest BCUT2D eigenvalue weighted by molar-refractivity contribution is 0.604. The van der Waals surface area contributed by atoms with Crippen molar-refractivity contribution in [3.8, 4) is 0 Å². The van der Waals surface area contributed by atoms with E-state index in [2.05, 4.69) is 15.0 Å². The van der Waals surface area contributed by atoms with E-state index in [1.54, 1.807) is 12.3 Å². The van der Waals surface area contributed by atoms with Crippen LogP contribution >= 0.6 is 11.3 Å². The maximum absolute atomic E-state index is 13.5. The number of sulfonamides is 1. The summed E-state index contributed by atoms with van der Waals surface area (Å²) in [6, 6.07) is 4.13. The number of hydrogen-bond donors (Lipinski definition) is 2. The van der Waals surface area contributed by atoms with Crippen molar-refractivity contribution in [2.45, 2.75) is 13.0 Å². The molecule has 0 aliphatic heterocycles. The van der Waals surface area contributed by atoms with Crippen molar-refractivity contribution in [1.82, 2.24) is 4.98 Å². The van der Waals surface area contributed by atoms with Crippen molar-refractivity contribution < 1.29 is 12.8 Å². The minimum atomic E-state index is -3.52. The van der Waals surface area contributed by atoms with Gasteiger partial charge in [-0.2, -0.15) is 0 Å². The van der Waals surface area contributed by atoms with Crippen LogP contribution in [-0.4, -0.2) is 19.7 Å². The molecule has 5 nitrogen and oxygen atoms in total. The van der Waals surface area contributed by atoms with Gasteiger partial charge in [-0.3, -0.25) is 4.72 Å². The Morgan fingerprint density at radius 2 is 2.15 bits per heavy atom. The van der Waals surface area contributed by atoms with Crippen molar-refractivity contribution in [2.24, 2.45) is 0 Å². The van der Waals surface area contributed by atoms with Crippen molar-refractivity contribution in [1.29, 1.82) is 0 Å². The maximum Gasteiger partial charge on any atom is 0.229 e. The largest absolute Gasteiger partial charge is 0.376 e. The first-order valence-corrected chi connectivity index (χ1v) is 8.55. The summed E-state index contributed by atoms with van der Waals surface area (Å²) in [5, 5.41) is 5.91. The SMILES string of the molecule is CC(Nc1ccc(F)c(NS(C)(=O)=O)c1)c1nccs1. The smallest absolute Gasteiger partial charge is 0.229 e. The molecule has 0 fully saturated rings. The zero-order valence-electron chi connectivity index (χ0n) is 10.9. The third-order valence-electron chi connectivity index (χ3n) is 2.47. The average molecular weight is 315 g/mol. The van der Waals surface area contributed by atoms with Gasteiger partial charge in [-0.1, -0.05) is 0 Å². The van der Waals surface area contributed by atoms with Gasteiger partial charge in [-0.25, -0.2) is 17.8 Å². The highest BCUT2D eigenvalue weighted by molar-refractivity contribution is 7.92. The molecule has 2 aromatic rings. The lowest BCUT2D eigenvalue weighted by Crippen LogP contribution is -2.12. The van der Waals surface area contributed by atoms with Crippen LogP contribution in [0.4, 0.5) is 15.8 Å². The fourth-order valence-corrected chi connectivity index (χ4v) is 2.85. The predicted molar refractivity (Wildman–Crippen MR) is 79.0 cm³/mol. The van der Waals surface area contributed by atoms with Crippen LogP contribution < -0.4 is 10.0 Å². The topological polar surface area (TPSA) is 71.1 Å². The van der Waals surface area contributed by atoms with E-state index in [4.69, 9.17) is 0 Å². The van der Waals surface area contributed by atoms with Crippen LogP contribution in [0.3, 0.4) is 0 Å². The van der Waals surface area contributed by atoms with E-state index in [1.807, 2.05) is 12.3 Å². The number of thiazole rings is 1. The summed E-state index contributed by atoms with van der Waals surface area (Å²) >= 11 is 1.51. The molecule has 0 saturated heterocycles. The van der Waals surface area contributed by atoms with Gasteiger partial charge in [-0.15, -0.1) is 11.3 Å². The van der Waals surface area contributed by atoms with Crippen molar-refractivity contribution in [3.05, 3.63) is 40.6 Å². The number of halogens is 1. The van der Waals surface area contributed by atoms with Gasteiger partial charge in [0.15, 0.2) is 0 Å². The molecule has 1 aromatic heterocycles. The van der Waals surface area contributed by atoms with Gasteiger partial charge in [0.05, 0.1) is 18.0 Å². The van der Waals surface area contributed by atoms with Crippen molar-refractivity contribution in [3.63, 3.8) is 0 Å². The van der Waals surface area contributed by atoms with Crippen LogP contribution in [0, 0.1) is 5.82 Å². The van der Waals surface area contributed by atoms with Crippen LogP contribution in [0.5, 0.6) is 0 Å². The molecule has 0 bridgehead atoms. The average Bonchev–Trinajstić information content (AvgIpc) is 2.85.